The molecule has 2 amide bonds. The molecule has 2 aromatic carbocycles. The SMILES string of the molecule is CC(=O)Nc1cccc(NC(=O)c2cc(Nc3cccc(Cl)c3C)ncn2)c1. The van der Waals surface area contributed by atoms with Gasteiger partial charge < -0.3 is 16.0 Å². The molecule has 0 unspecified atom stereocenters. The minimum absolute atomic E-state index is 0.189. The van der Waals surface area contributed by atoms with Crippen molar-refractivity contribution in [3.05, 3.63) is 71.1 Å². The lowest BCUT2D eigenvalue weighted by molar-refractivity contribution is -0.114. The van der Waals surface area contributed by atoms with Gasteiger partial charge in [0.2, 0.25) is 5.91 Å². The molecule has 28 heavy (non-hydrogen) atoms. The molecular formula is C20H18ClN5O2. The van der Waals surface area contributed by atoms with E-state index in [0.717, 1.165) is 11.3 Å². The minimum Gasteiger partial charge on any atom is -0.340 e. The number of carbonyl (C=O) groups is 2. The van der Waals surface area contributed by atoms with Crippen LogP contribution in [0.2, 0.25) is 5.02 Å². The van der Waals surface area contributed by atoms with E-state index in [2.05, 4.69) is 25.9 Å². The van der Waals surface area contributed by atoms with Crippen molar-refractivity contribution < 1.29 is 9.59 Å². The molecule has 0 aliphatic carbocycles. The molecule has 0 bridgehead atoms. The quantitative estimate of drug-likeness (QED) is 0.595. The Morgan fingerprint density at radius 3 is 2.43 bits per heavy atom. The molecule has 8 heteroatoms. The normalized spacial score (nSPS) is 10.2. The zero-order chi connectivity index (χ0) is 20.1. The van der Waals surface area contributed by atoms with E-state index in [4.69, 9.17) is 11.6 Å². The average molecular weight is 396 g/mol. The summed E-state index contributed by atoms with van der Waals surface area (Å²) in [6.45, 7) is 3.31. The van der Waals surface area contributed by atoms with Crippen molar-refractivity contribution in [3.8, 4) is 0 Å². The van der Waals surface area contributed by atoms with Crippen LogP contribution in [0.5, 0.6) is 0 Å². The maximum Gasteiger partial charge on any atom is 0.274 e. The Hall–Kier alpha value is -3.45. The van der Waals surface area contributed by atoms with Gasteiger partial charge in [-0.05, 0) is 42.8 Å². The number of aromatic nitrogens is 2. The zero-order valence-electron chi connectivity index (χ0n) is 15.3. The standard InChI is InChI=1S/C20H18ClN5O2/c1-12-16(21)7-4-8-17(12)26-19-10-18(22-11-23-19)20(28)25-15-6-3-5-14(9-15)24-13(2)27/h3-11H,1-2H3,(H,24,27)(H,25,28)(H,22,23,26). The van der Waals surface area contributed by atoms with E-state index < -0.39 is 5.91 Å². The van der Waals surface area contributed by atoms with Gasteiger partial charge in [0.05, 0.1) is 0 Å². The summed E-state index contributed by atoms with van der Waals surface area (Å²) < 4.78 is 0. The van der Waals surface area contributed by atoms with Crippen molar-refractivity contribution in [1.29, 1.82) is 0 Å². The number of hydrogen-bond acceptors (Lipinski definition) is 5. The van der Waals surface area contributed by atoms with Gasteiger partial charge in [-0.25, -0.2) is 9.97 Å². The second-order valence-electron chi connectivity index (χ2n) is 6.04. The first kappa shape index (κ1) is 19.3. The molecule has 0 spiro atoms. The molecule has 0 aliphatic rings. The van der Waals surface area contributed by atoms with Crippen LogP contribution < -0.4 is 16.0 Å². The van der Waals surface area contributed by atoms with Gasteiger partial charge in [0.1, 0.15) is 17.8 Å². The molecule has 0 aliphatic heterocycles. The third-order valence-electron chi connectivity index (χ3n) is 3.87. The van der Waals surface area contributed by atoms with Gasteiger partial charge in [0, 0.05) is 35.1 Å². The van der Waals surface area contributed by atoms with E-state index in [1.807, 2.05) is 19.1 Å². The van der Waals surface area contributed by atoms with Gasteiger partial charge in [-0.3, -0.25) is 9.59 Å². The van der Waals surface area contributed by atoms with Crippen LogP contribution >= 0.6 is 11.6 Å². The molecule has 0 saturated carbocycles. The summed E-state index contributed by atoms with van der Waals surface area (Å²) in [7, 11) is 0. The van der Waals surface area contributed by atoms with Gasteiger partial charge in [0.25, 0.3) is 5.91 Å². The smallest absolute Gasteiger partial charge is 0.274 e. The predicted octanol–water partition coefficient (Wildman–Crippen LogP) is 4.39. The first-order chi connectivity index (χ1) is 13.4. The summed E-state index contributed by atoms with van der Waals surface area (Å²) in [6.07, 6.45) is 1.31. The lowest BCUT2D eigenvalue weighted by Crippen LogP contribution is -2.15. The Balaban J connectivity index is 1.75. The fourth-order valence-corrected chi connectivity index (χ4v) is 2.68. The number of amides is 2. The van der Waals surface area contributed by atoms with Crippen molar-refractivity contribution in [3.63, 3.8) is 0 Å². The van der Waals surface area contributed by atoms with Gasteiger partial charge in [-0.15, -0.1) is 0 Å². The Bertz CT molecular complexity index is 1040. The fraction of sp³-hybridized carbons (Fsp3) is 0.100. The van der Waals surface area contributed by atoms with E-state index in [1.54, 1.807) is 36.4 Å². The Morgan fingerprint density at radius 2 is 1.68 bits per heavy atom. The average Bonchev–Trinajstić information content (AvgIpc) is 2.65. The summed E-state index contributed by atoms with van der Waals surface area (Å²) in [4.78, 5) is 31.9. The molecule has 0 radical (unpaired) electrons. The van der Waals surface area contributed by atoms with Gasteiger partial charge in [0.15, 0.2) is 0 Å². The van der Waals surface area contributed by atoms with Crippen LogP contribution in [0.15, 0.2) is 54.9 Å². The molecule has 142 valence electrons. The number of benzene rings is 2. The van der Waals surface area contributed by atoms with E-state index >= 15 is 0 Å². The highest BCUT2D eigenvalue weighted by Gasteiger charge is 2.11. The highest BCUT2D eigenvalue weighted by atomic mass is 35.5. The van der Waals surface area contributed by atoms with Crippen molar-refractivity contribution in [2.24, 2.45) is 0 Å². The maximum absolute atomic E-state index is 12.5. The summed E-state index contributed by atoms with van der Waals surface area (Å²) in [6, 6.07) is 13.9. The number of nitrogens with zero attached hydrogens (tertiary/aromatic N) is 2. The summed E-state index contributed by atoms with van der Waals surface area (Å²) in [5.41, 5.74) is 2.99. The first-order valence-corrected chi connectivity index (χ1v) is 8.83. The Morgan fingerprint density at radius 1 is 0.964 bits per heavy atom. The first-order valence-electron chi connectivity index (χ1n) is 8.45. The molecule has 0 saturated heterocycles. The monoisotopic (exact) mass is 395 g/mol. The number of nitrogens with one attached hydrogen (secondary N) is 3. The van der Waals surface area contributed by atoms with E-state index in [9.17, 15) is 9.59 Å². The number of rotatable bonds is 5. The van der Waals surface area contributed by atoms with Crippen LogP contribution in [0.4, 0.5) is 22.9 Å². The molecule has 1 heterocycles. The highest BCUT2D eigenvalue weighted by Crippen LogP contribution is 2.25. The molecule has 0 fully saturated rings. The predicted molar refractivity (Wildman–Crippen MR) is 110 cm³/mol. The van der Waals surface area contributed by atoms with Crippen LogP contribution in [-0.2, 0) is 4.79 Å². The van der Waals surface area contributed by atoms with Crippen LogP contribution in [0.3, 0.4) is 0 Å². The molecule has 3 N–H and O–H groups in total. The van der Waals surface area contributed by atoms with Gasteiger partial charge in [-0.1, -0.05) is 23.7 Å². The van der Waals surface area contributed by atoms with E-state index in [0.29, 0.717) is 22.2 Å². The van der Waals surface area contributed by atoms with Crippen molar-refractivity contribution in [1.82, 2.24) is 9.97 Å². The largest absolute Gasteiger partial charge is 0.340 e. The van der Waals surface area contributed by atoms with Crippen LogP contribution in [-0.4, -0.2) is 21.8 Å². The molecule has 3 rings (SSSR count). The maximum atomic E-state index is 12.5. The summed E-state index contributed by atoms with van der Waals surface area (Å²) >= 11 is 6.13. The third kappa shape index (κ3) is 4.83. The summed E-state index contributed by atoms with van der Waals surface area (Å²) in [5, 5.41) is 9.20. The van der Waals surface area contributed by atoms with Crippen molar-refractivity contribution in [2.75, 3.05) is 16.0 Å². The van der Waals surface area contributed by atoms with Crippen LogP contribution in [0.1, 0.15) is 23.0 Å². The second kappa shape index (κ2) is 8.49. The number of hydrogen-bond donors (Lipinski definition) is 3. The third-order valence-corrected chi connectivity index (χ3v) is 4.28. The van der Waals surface area contributed by atoms with Crippen LogP contribution in [0.25, 0.3) is 0 Å². The molecular weight excluding hydrogens is 378 g/mol. The van der Waals surface area contributed by atoms with Gasteiger partial charge >= 0.3 is 0 Å². The lowest BCUT2D eigenvalue weighted by Gasteiger charge is -2.11. The fourth-order valence-electron chi connectivity index (χ4n) is 2.50. The number of anilines is 4. The van der Waals surface area contributed by atoms with Crippen molar-refractivity contribution in [2.45, 2.75) is 13.8 Å². The molecule has 0 atom stereocenters. The van der Waals surface area contributed by atoms with E-state index in [-0.39, 0.29) is 11.6 Å². The molecule has 3 aromatic rings. The van der Waals surface area contributed by atoms with Crippen molar-refractivity contribution >= 4 is 46.3 Å². The Labute approximate surface area is 167 Å². The van der Waals surface area contributed by atoms with Gasteiger partial charge in [-0.2, -0.15) is 0 Å². The Kier molecular flexibility index (Phi) is 5.86. The minimum atomic E-state index is -0.395. The topological polar surface area (TPSA) is 96.0 Å². The lowest BCUT2D eigenvalue weighted by atomic mass is 10.2. The highest BCUT2D eigenvalue weighted by molar-refractivity contribution is 6.31. The number of halogens is 1. The van der Waals surface area contributed by atoms with E-state index in [1.165, 1.54) is 13.3 Å². The number of carbonyl (C=O) groups excluding carboxylic acids is 2. The van der Waals surface area contributed by atoms with Crippen LogP contribution in [0, 0.1) is 6.92 Å². The zero-order valence-corrected chi connectivity index (χ0v) is 16.0. The molecule has 1 aromatic heterocycles. The summed E-state index contributed by atoms with van der Waals surface area (Å²) in [5.74, 6) is -0.114. The molecule has 7 nitrogen and oxygen atoms in total. The second-order valence-corrected chi connectivity index (χ2v) is 6.45.